The second-order valence-corrected chi connectivity index (χ2v) is 6.82. The molecule has 0 aromatic heterocycles. The molecule has 6 heteroatoms. The number of likely N-dealkylation sites (N-methyl/N-ethyl adjacent to an activating group) is 1. The highest BCUT2D eigenvalue weighted by molar-refractivity contribution is 6.03. The van der Waals surface area contributed by atoms with Gasteiger partial charge in [0.25, 0.3) is 0 Å². The molecule has 1 aliphatic rings. The molecule has 0 radical (unpaired) electrons. The van der Waals surface area contributed by atoms with Crippen molar-refractivity contribution < 1.29 is 19.0 Å². The summed E-state index contributed by atoms with van der Waals surface area (Å²) in [5.74, 6) is 2.19. The summed E-state index contributed by atoms with van der Waals surface area (Å²) >= 11 is 0. The van der Waals surface area contributed by atoms with Gasteiger partial charge >= 0.3 is 0 Å². The highest BCUT2D eigenvalue weighted by Crippen LogP contribution is 2.38. The number of nitrogens with zero attached hydrogens (tertiary/aromatic N) is 2. The van der Waals surface area contributed by atoms with Crippen LogP contribution >= 0.6 is 0 Å². The number of benzene rings is 2. The van der Waals surface area contributed by atoms with Gasteiger partial charge in [-0.2, -0.15) is 0 Å². The third-order valence-corrected chi connectivity index (χ3v) is 5.19. The number of rotatable bonds is 9. The molecule has 0 spiro atoms. The van der Waals surface area contributed by atoms with Crippen molar-refractivity contribution in [3.63, 3.8) is 0 Å². The monoisotopic (exact) mass is 398 g/mol. The van der Waals surface area contributed by atoms with Gasteiger partial charge in [0, 0.05) is 18.5 Å². The van der Waals surface area contributed by atoms with E-state index in [1.807, 2.05) is 42.5 Å². The van der Waals surface area contributed by atoms with E-state index in [0.29, 0.717) is 24.5 Å². The zero-order chi connectivity index (χ0) is 20.6. The fraction of sp³-hybridized carbons (Fsp3) is 0.435. The highest BCUT2D eigenvalue weighted by Gasteiger charge is 2.27. The SMILES string of the molecule is CCN(CC)CCO/N=C1/CC(c2ccc(OC)c(OC)c2)Oc2ccccc21. The molecule has 2 aromatic rings. The second kappa shape index (κ2) is 10.2. The highest BCUT2D eigenvalue weighted by atomic mass is 16.6. The van der Waals surface area contributed by atoms with Gasteiger partial charge in [0.05, 0.1) is 19.9 Å². The molecule has 1 heterocycles. The Hall–Kier alpha value is -2.73. The largest absolute Gasteiger partial charge is 0.493 e. The van der Waals surface area contributed by atoms with Crippen LogP contribution in [0.15, 0.2) is 47.6 Å². The van der Waals surface area contributed by atoms with Crippen LogP contribution in [0.5, 0.6) is 17.2 Å². The molecule has 0 N–H and O–H groups in total. The smallest absolute Gasteiger partial charge is 0.161 e. The molecule has 0 fully saturated rings. The van der Waals surface area contributed by atoms with Crippen molar-refractivity contribution in [3.05, 3.63) is 53.6 Å². The maximum atomic E-state index is 6.26. The van der Waals surface area contributed by atoms with Crippen LogP contribution in [-0.4, -0.2) is 51.1 Å². The fourth-order valence-electron chi connectivity index (χ4n) is 3.45. The number of ether oxygens (including phenoxy) is 3. The van der Waals surface area contributed by atoms with Crippen molar-refractivity contribution >= 4 is 5.71 Å². The van der Waals surface area contributed by atoms with E-state index in [2.05, 4.69) is 23.9 Å². The minimum Gasteiger partial charge on any atom is -0.493 e. The van der Waals surface area contributed by atoms with E-state index in [9.17, 15) is 0 Å². The molecule has 156 valence electrons. The summed E-state index contributed by atoms with van der Waals surface area (Å²) in [7, 11) is 3.26. The van der Waals surface area contributed by atoms with Gasteiger partial charge in [-0.05, 0) is 42.9 Å². The maximum Gasteiger partial charge on any atom is 0.161 e. The fourth-order valence-corrected chi connectivity index (χ4v) is 3.45. The maximum absolute atomic E-state index is 6.26. The Labute approximate surface area is 173 Å². The lowest BCUT2D eigenvalue weighted by Gasteiger charge is -2.27. The van der Waals surface area contributed by atoms with Crippen molar-refractivity contribution in [3.8, 4) is 17.2 Å². The van der Waals surface area contributed by atoms with Gasteiger partial charge in [0.2, 0.25) is 0 Å². The number of hydrogen-bond donors (Lipinski definition) is 0. The lowest BCUT2D eigenvalue weighted by molar-refractivity contribution is 0.112. The van der Waals surface area contributed by atoms with E-state index in [1.54, 1.807) is 14.2 Å². The van der Waals surface area contributed by atoms with Crippen LogP contribution < -0.4 is 14.2 Å². The molecule has 2 aromatic carbocycles. The molecular formula is C23H30N2O4. The summed E-state index contributed by atoms with van der Waals surface area (Å²) in [6, 6.07) is 13.8. The predicted molar refractivity (Wildman–Crippen MR) is 114 cm³/mol. The molecule has 29 heavy (non-hydrogen) atoms. The van der Waals surface area contributed by atoms with Gasteiger partial charge in [-0.1, -0.05) is 37.2 Å². The van der Waals surface area contributed by atoms with Gasteiger partial charge in [-0.15, -0.1) is 0 Å². The molecule has 1 atom stereocenters. The topological polar surface area (TPSA) is 52.5 Å². The summed E-state index contributed by atoms with van der Waals surface area (Å²) in [5, 5.41) is 4.47. The lowest BCUT2D eigenvalue weighted by atomic mass is 9.95. The molecule has 0 saturated carbocycles. The molecule has 0 amide bonds. The van der Waals surface area contributed by atoms with Crippen LogP contribution in [0.1, 0.15) is 37.5 Å². The van der Waals surface area contributed by atoms with Crippen LogP contribution in [0.3, 0.4) is 0 Å². The standard InChI is InChI=1S/C23H30N2O4/c1-5-25(6-2)13-14-28-24-19-16-22(29-20-10-8-7-9-18(19)20)17-11-12-21(26-3)23(15-17)27-4/h7-12,15,22H,5-6,13-14,16H2,1-4H3/b24-19-. The summed E-state index contributed by atoms with van der Waals surface area (Å²) < 4.78 is 17.1. The van der Waals surface area contributed by atoms with Gasteiger partial charge < -0.3 is 23.9 Å². The summed E-state index contributed by atoms with van der Waals surface area (Å²) in [6.45, 7) is 7.74. The Balaban J connectivity index is 1.80. The average molecular weight is 399 g/mol. The number of para-hydroxylation sites is 1. The first-order chi connectivity index (χ1) is 14.2. The normalized spacial score (nSPS) is 17.0. The Kier molecular flexibility index (Phi) is 7.36. The molecule has 3 rings (SSSR count). The third kappa shape index (κ3) is 5.01. The van der Waals surface area contributed by atoms with E-state index >= 15 is 0 Å². The lowest BCUT2D eigenvalue weighted by Crippen LogP contribution is -2.27. The Morgan fingerprint density at radius 1 is 1.03 bits per heavy atom. The number of methoxy groups -OCH3 is 2. The van der Waals surface area contributed by atoms with Gasteiger partial charge in [0.1, 0.15) is 18.5 Å². The second-order valence-electron chi connectivity index (χ2n) is 6.82. The van der Waals surface area contributed by atoms with Gasteiger partial charge in [-0.3, -0.25) is 0 Å². The van der Waals surface area contributed by atoms with E-state index in [0.717, 1.165) is 42.2 Å². The van der Waals surface area contributed by atoms with E-state index < -0.39 is 0 Å². The zero-order valence-electron chi connectivity index (χ0n) is 17.7. The summed E-state index contributed by atoms with van der Waals surface area (Å²) in [4.78, 5) is 7.99. The van der Waals surface area contributed by atoms with Crippen LogP contribution in [-0.2, 0) is 4.84 Å². The van der Waals surface area contributed by atoms with E-state index in [-0.39, 0.29) is 6.10 Å². The summed E-state index contributed by atoms with van der Waals surface area (Å²) in [6.07, 6.45) is 0.451. The molecule has 0 saturated heterocycles. The van der Waals surface area contributed by atoms with Crippen molar-refractivity contribution in [1.82, 2.24) is 4.90 Å². The first-order valence-electron chi connectivity index (χ1n) is 10.1. The molecule has 1 aliphatic heterocycles. The van der Waals surface area contributed by atoms with Crippen molar-refractivity contribution in [1.29, 1.82) is 0 Å². The van der Waals surface area contributed by atoms with Crippen LogP contribution in [0.4, 0.5) is 0 Å². The van der Waals surface area contributed by atoms with Gasteiger partial charge in [0.15, 0.2) is 11.5 Å². The van der Waals surface area contributed by atoms with Crippen LogP contribution in [0.25, 0.3) is 0 Å². The molecule has 0 aliphatic carbocycles. The van der Waals surface area contributed by atoms with Crippen molar-refractivity contribution in [2.75, 3.05) is 40.5 Å². The quantitative estimate of drug-likeness (QED) is 0.466. The molecular weight excluding hydrogens is 368 g/mol. The molecule has 6 nitrogen and oxygen atoms in total. The van der Waals surface area contributed by atoms with Gasteiger partial charge in [-0.25, -0.2) is 0 Å². The first kappa shape index (κ1) is 21.0. The van der Waals surface area contributed by atoms with Crippen molar-refractivity contribution in [2.45, 2.75) is 26.4 Å². The average Bonchev–Trinajstić information content (AvgIpc) is 2.78. The summed E-state index contributed by atoms with van der Waals surface area (Å²) in [5.41, 5.74) is 2.88. The minimum atomic E-state index is -0.171. The zero-order valence-corrected chi connectivity index (χ0v) is 17.7. The minimum absolute atomic E-state index is 0.171. The molecule has 1 unspecified atom stereocenters. The Bertz CT molecular complexity index is 833. The molecule has 0 bridgehead atoms. The predicted octanol–water partition coefficient (Wildman–Crippen LogP) is 4.29. The van der Waals surface area contributed by atoms with E-state index in [1.165, 1.54) is 0 Å². The van der Waals surface area contributed by atoms with Crippen LogP contribution in [0, 0.1) is 0 Å². The van der Waals surface area contributed by atoms with Crippen LogP contribution in [0.2, 0.25) is 0 Å². The number of fused-ring (bicyclic) bond motifs is 1. The number of hydrogen-bond acceptors (Lipinski definition) is 6. The first-order valence-corrected chi connectivity index (χ1v) is 10.1. The van der Waals surface area contributed by atoms with Crippen molar-refractivity contribution in [2.24, 2.45) is 5.16 Å². The third-order valence-electron chi connectivity index (χ3n) is 5.19. The Morgan fingerprint density at radius 2 is 1.79 bits per heavy atom. The van der Waals surface area contributed by atoms with E-state index in [4.69, 9.17) is 19.0 Å². The Morgan fingerprint density at radius 3 is 2.52 bits per heavy atom. The number of oxime groups is 1.